The Kier molecular flexibility index (Phi) is 17.8. The lowest BCUT2D eigenvalue weighted by molar-refractivity contribution is -0.258. The molecule has 2 atom stereocenters. The van der Waals surface area contributed by atoms with Crippen molar-refractivity contribution in [1.29, 1.82) is 0 Å². The van der Waals surface area contributed by atoms with E-state index >= 15 is 0 Å². The Hall–Kier alpha value is -3.10. The Morgan fingerprint density at radius 2 is 1.06 bits per heavy atom. The summed E-state index contributed by atoms with van der Waals surface area (Å²) in [5.74, 6) is -3.29. The fourth-order valence-corrected chi connectivity index (χ4v) is 7.07. The number of hydrogen-bond donors (Lipinski definition) is 6. The zero-order valence-electron chi connectivity index (χ0n) is 28.8. The third-order valence-corrected chi connectivity index (χ3v) is 10.3. The third-order valence-electron chi connectivity index (χ3n) is 8.47. The highest BCUT2D eigenvalue weighted by atomic mass is 32.1. The van der Waals surface area contributed by atoms with Crippen LogP contribution >= 0.6 is 22.7 Å². The van der Waals surface area contributed by atoms with Gasteiger partial charge in [-0.05, 0) is 82.6 Å². The predicted molar refractivity (Wildman–Crippen MR) is 196 cm³/mol. The second-order valence-corrected chi connectivity index (χ2v) is 14.4. The first-order chi connectivity index (χ1) is 25.2. The van der Waals surface area contributed by atoms with Crippen molar-refractivity contribution < 1.29 is 59.8 Å². The molecule has 2 fully saturated rings. The lowest BCUT2D eigenvalue weighted by Gasteiger charge is -2.35. The van der Waals surface area contributed by atoms with Gasteiger partial charge in [-0.2, -0.15) is 10.5 Å². The Bertz CT molecular complexity index is 1520. The maximum atomic E-state index is 10.2. The third kappa shape index (κ3) is 13.7. The van der Waals surface area contributed by atoms with Crippen LogP contribution in [0.25, 0.3) is 20.2 Å². The van der Waals surface area contributed by atoms with Gasteiger partial charge >= 0.3 is 11.9 Å². The molecular formula is C36H48N2O12S2. The topological polar surface area (TPSA) is 199 Å². The summed E-state index contributed by atoms with van der Waals surface area (Å²) in [6.07, 6.45) is -0.746. The molecule has 0 amide bonds. The highest BCUT2D eigenvalue weighted by Gasteiger charge is 2.33. The number of benzene rings is 2. The molecule has 2 aliphatic heterocycles. The Balaban J connectivity index is 0.000000181. The molecule has 4 heterocycles. The molecule has 6 N–H and O–H groups in total. The van der Waals surface area contributed by atoms with Gasteiger partial charge < -0.3 is 29.9 Å². The predicted octanol–water partition coefficient (Wildman–Crippen LogP) is 2.79. The van der Waals surface area contributed by atoms with Crippen LogP contribution in [0.5, 0.6) is 0 Å². The molecule has 0 spiro atoms. The largest absolute Gasteiger partial charge is 0.390 e. The fourth-order valence-electron chi connectivity index (χ4n) is 5.52. The normalized spacial score (nSPS) is 16.2. The number of aliphatic hydroxyl groups is 4. The van der Waals surface area contributed by atoms with E-state index in [9.17, 15) is 19.8 Å². The number of likely N-dealkylation sites (tertiary alicyclic amines) is 2. The summed E-state index contributed by atoms with van der Waals surface area (Å²) < 4.78 is 14.1. The summed E-state index contributed by atoms with van der Waals surface area (Å²) in [6, 6.07) is 17.7. The molecule has 0 radical (unpaired) electrons. The minimum atomic E-state index is -2.31. The Morgan fingerprint density at radius 1 is 0.654 bits per heavy atom. The second kappa shape index (κ2) is 22.2. The molecule has 14 nitrogen and oxygen atoms in total. The Morgan fingerprint density at radius 3 is 1.42 bits per heavy atom. The number of aliphatic hydroxyl groups excluding tert-OH is 4. The summed E-state index contributed by atoms with van der Waals surface area (Å²) in [4.78, 5) is 30.9. The fraction of sp³-hybridized carbons (Fsp3) is 0.500. The number of β-amino-alcohol motifs (C(OH)–C–C–N with tert-alkyl or cyclic N) is 2. The smallest absolute Gasteiger partial charge is 0.373 e. The summed E-state index contributed by atoms with van der Waals surface area (Å²) >= 11 is 3.58. The molecule has 2 saturated heterocycles. The van der Waals surface area contributed by atoms with E-state index in [0.717, 1.165) is 91.4 Å². The maximum Gasteiger partial charge on any atom is 0.373 e. The summed E-state index contributed by atoms with van der Waals surface area (Å²) in [5.41, 5.74) is 2.70. The van der Waals surface area contributed by atoms with E-state index < -0.39 is 24.1 Å². The van der Waals surface area contributed by atoms with Crippen LogP contribution in [0.3, 0.4) is 0 Å². The number of hydrogen-bond acceptors (Lipinski definition) is 16. The first-order valence-corrected chi connectivity index (χ1v) is 18.9. The van der Waals surface area contributed by atoms with E-state index in [2.05, 4.69) is 78.9 Å². The van der Waals surface area contributed by atoms with Crippen LogP contribution in [0.4, 0.5) is 0 Å². The molecule has 0 saturated carbocycles. The van der Waals surface area contributed by atoms with E-state index in [1.54, 1.807) is 22.7 Å². The van der Waals surface area contributed by atoms with Crippen molar-refractivity contribution in [1.82, 2.24) is 9.80 Å². The van der Waals surface area contributed by atoms with Crippen molar-refractivity contribution in [2.75, 3.05) is 65.7 Å². The monoisotopic (exact) mass is 764 g/mol. The molecule has 52 heavy (non-hydrogen) atoms. The van der Waals surface area contributed by atoms with Crippen LogP contribution in [0, 0.1) is 0 Å². The number of fused-ring (bicyclic) bond motifs is 2. The maximum absolute atomic E-state index is 10.2. The molecule has 0 aliphatic carbocycles. The SMILES string of the molecule is O=C(OO)C(O)C(O)C(=O)OO.OC1CN(CCCOCCc2ccc3sccc3c2)C1.OC1CN(CCCOCCc2ccc3sccc3c2)C1. The zero-order chi connectivity index (χ0) is 37.3. The molecule has 4 aromatic rings. The van der Waals surface area contributed by atoms with Gasteiger partial charge in [-0.3, -0.25) is 19.6 Å². The number of nitrogens with zero attached hydrogens (tertiary/aromatic N) is 2. The minimum absolute atomic E-state index is 0.0945. The quantitative estimate of drug-likeness (QED) is 0.0521. The summed E-state index contributed by atoms with van der Waals surface area (Å²) in [7, 11) is 0. The van der Waals surface area contributed by atoms with Gasteiger partial charge in [0.15, 0.2) is 12.2 Å². The van der Waals surface area contributed by atoms with E-state index in [0.29, 0.717) is 0 Å². The molecule has 2 aliphatic rings. The zero-order valence-corrected chi connectivity index (χ0v) is 30.5. The average molecular weight is 765 g/mol. The van der Waals surface area contributed by atoms with Gasteiger partial charge in [-0.25, -0.2) is 9.59 Å². The molecule has 16 heteroatoms. The lowest BCUT2D eigenvalue weighted by atomic mass is 10.1. The van der Waals surface area contributed by atoms with Crippen LogP contribution in [0.1, 0.15) is 24.0 Å². The van der Waals surface area contributed by atoms with Crippen LogP contribution in [0.15, 0.2) is 59.3 Å². The Labute approximate surface area is 309 Å². The molecule has 2 unspecified atom stereocenters. The average Bonchev–Trinajstić information content (AvgIpc) is 3.81. The second-order valence-electron chi connectivity index (χ2n) is 12.6. The van der Waals surface area contributed by atoms with E-state index in [-0.39, 0.29) is 12.2 Å². The molecule has 2 aromatic carbocycles. The molecule has 286 valence electrons. The molecular weight excluding hydrogens is 717 g/mol. The van der Waals surface area contributed by atoms with Gasteiger partial charge in [0.25, 0.3) is 0 Å². The lowest BCUT2D eigenvalue weighted by Crippen LogP contribution is -2.50. The van der Waals surface area contributed by atoms with Gasteiger partial charge in [0.1, 0.15) is 0 Å². The van der Waals surface area contributed by atoms with Gasteiger partial charge in [0.2, 0.25) is 0 Å². The van der Waals surface area contributed by atoms with Crippen molar-refractivity contribution in [3.8, 4) is 0 Å². The summed E-state index contributed by atoms with van der Waals surface area (Å²) in [5, 5.41) is 57.8. The number of ether oxygens (including phenoxy) is 2. The van der Waals surface area contributed by atoms with E-state index in [1.807, 2.05) is 0 Å². The van der Waals surface area contributed by atoms with Crippen LogP contribution in [-0.4, -0.2) is 143 Å². The van der Waals surface area contributed by atoms with Crippen LogP contribution in [-0.2, 0) is 41.7 Å². The highest BCUT2D eigenvalue weighted by Crippen LogP contribution is 2.23. The van der Waals surface area contributed by atoms with E-state index in [4.69, 9.17) is 30.2 Å². The van der Waals surface area contributed by atoms with Gasteiger partial charge in [-0.1, -0.05) is 24.3 Å². The van der Waals surface area contributed by atoms with Gasteiger partial charge in [0.05, 0.1) is 25.4 Å². The summed E-state index contributed by atoms with van der Waals surface area (Å²) in [6.45, 7) is 8.62. The van der Waals surface area contributed by atoms with Crippen molar-refractivity contribution in [2.24, 2.45) is 0 Å². The van der Waals surface area contributed by atoms with Gasteiger partial charge in [0, 0.05) is 61.9 Å². The first-order valence-electron chi connectivity index (χ1n) is 17.1. The van der Waals surface area contributed by atoms with Crippen LogP contribution < -0.4 is 0 Å². The van der Waals surface area contributed by atoms with Crippen LogP contribution in [0.2, 0.25) is 0 Å². The van der Waals surface area contributed by atoms with Crippen molar-refractivity contribution >= 4 is 54.8 Å². The number of carbonyl (C=O) groups excluding carboxylic acids is 2. The number of thiophene rings is 2. The minimum Gasteiger partial charge on any atom is -0.390 e. The van der Waals surface area contributed by atoms with Gasteiger partial charge in [-0.15, -0.1) is 22.7 Å². The molecule has 0 bridgehead atoms. The first kappa shape index (κ1) is 41.7. The number of rotatable bonds is 17. The highest BCUT2D eigenvalue weighted by molar-refractivity contribution is 7.17. The number of carbonyl (C=O) groups is 2. The standard InChI is InChI=1S/2C16H21NO2S.C4H6O8/c2*18-15-11-17(12-15)6-1-7-19-8-4-13-2-3-16-14(10-13)5-9-20-16;5-1(3(7)11-9)2(6)4(8)12-10/h2*2-3,5,9-10,15,18H,1,4,6-8,11-12H2;1-2,5-6,9-10H. The molecule has 6 rings (SSSR count). The van der Waals surface area contributed by atoms with E-state index in [1.165, 1.54) is 31.3 Å². The molecule has 2 aromatic heterocycles. The van der Waals surface area contributed by atoms with Crippen molar-refractivity contribution in [2.45, 2.75) is 50.1 Å². The van der Waals surface area contributed by atoms with Crippen molar-refractivity contribution in [3.05, 3.63) is 70.4 Å². The van der Waals surface area contributed by atoms with Crippen molar-refractivity contribution in [3.63, 3.8) is 0 Å².